The molecule has 7 nitrogen and oxygen atoms in total. The summed E-state index contributed by atoms with van der Waals surface area (Å²) < 4.78 is 10.2. The van der Waals surface area contributed by atoms with Crippen molar-refractivity contribution in [3.05, 3.63) is 60.3 Å². The van der Waals surface area contributed by atoms with Crippen molar-refractivity contribution in [1.82, 2.24) is 15.4 Å². The van der Waals surface area contributed by atoms with E-state index in [4.69, 9.17) is 8.94 Å². The predicted molar refractivity (Wildman–Crippen MR) is 81.7 cm³/mol. The number of benzene rings is 2. The van der Waals surface area contributed by atoms with E-state index in [9.17, 15) is 4.79 Å². The van der Waals surface area contributed by atoms with Gasteiger partial charge in [0.15, 0.2) is 0 Å². The molecule has 112 valence electrons. The monoisotopic (exact) mass is 306 g/mol. The zero-order valence-corrected chi connectivity index (χ0v) is 11.8. The maximum absolute atomic E-state index is 12.3. The molecule has 2 heterocycles. The van der Waals surface area contributed by atoms with Gasteiger partial charge in [0, 0.05) is 11.6 Å². The largest absolute Gasteiger partial charge is 0.400 e. The van der Waals surface area contributed by atoms with E-state index in [2.05, 4.69) is 20.7 Å². The Morgan fingerprint density at radius 3 is 2.70 bits per heavy atom. The van der Waals surface area contributed by atoms with Crippen molar-refractivity contribution in [2.45, 2.75) is 0 Å². The molecule has 4 aromatic rings. The van der Waals surface area contributed by atoms with E-state index in [1.54, 1.807) is 18.2 Å². The lowest BCUT2D eigenvalue weighted by Gasteiger charge is -2.02. The second-order valence-electron chi connectivity index (χ2n) is 4.81. The minimum absolute atomic E-state index is 0.00504. The maximum atomic E-state index is 12.3. The van der Waals surface area contributed by atoms with Gasteiger partial charge in [-0.15, -0.1) is 5.10 Å². The van der Waals surface area contributed by atoms with Crippen LogP contribution in [0.3, 0.4) is 0 Å². The fourth-order valence-electron chi connectivity index (χ4n) is 2.20. The molecule has 1 amide bonds. The standard InChI is InChI=1S/C16H10N4O3/c21-14(12-6-5-10-3-1-2-4-11(10)9-12)18-16-20-19-15(22-16)13-7-8-17-23-13/h1-9H,(H,18,20,21). The zero-order valence-electron chi connectivity index (χ0n) is 11.8. The molecule has 0 bridgehead atoms. The molecule has 0 unspecified atom stereocenters. The number of fused-ring (bicyclic) bond motifs is 1. The van der Waals surface area contributed by atoms with E-state index in [-0.39, 0.29) is 17.8 Å². The first-order valence-electron chi connectivity index (χ1n) is 6.84. The summed E-state index contributed by atoms with van der Waals surface area (Å²) in [4.78, 5) is 12.3. The van der Waals surface area contributed by atoms with E-state index in [1.807, 2.05) is 30.3 Å². The minimum atomic E-state index is -0.330. The van der Waals surface area contributed by atoms with Crippen LogP contribution in [0.4, 0.5) is 6.01 Å². The van der Waals surface area contributed by atoms with Gasteiger partial charge in [-0.25, -0.2) is 0 Å². The normalized spacial score (nSPS) is 10.8. The smallest absolute Gasteiger partial charge is 0.322 e. The van der Waals surface area contributed by atoms with E-state index < -0.39 is 0 Å². The van der Waals surface area contributed by atoms with Crippen LogP contribution < -0.4 is 5.32 Å². The number of carbonyl (C=O) groups excluding carboxylic acids is 1. The van der Waals surface area contributed by atoms with Crippen LogP contribution >= 0.6 is 0 Å². The highest BCUT2D eigenvalue weighted by molar-refractivity contribution is 6.05. The second kappa shape index (κ2) is 5.38. The number of hydrogen-bond acceptors (Lipinski definition) is 6. The number of amides is 1. The van der Waals surface area contributed by atoms with Crippen LogP contribution in [0, 0.1) is 0 Å². The quantitative estimate of drug-likeness (QED) is 0.625. The van der Waals surface area contributed by atoms with E-state index >= 15 is 0 Å². The van der Waals surface area contributed by atoms with Crippen molar-refractivity contribution in [1.29, 1.82) is 0 Å². The Hall–Kier alpha value is -3.48. The molecule has 0 fully saturated rings. The molecule has 0 aliphatic rings. The van der Waals surface area contributed by atoms with Gasteiger partial charge in [-0.05, 0) is 22.9 Å². The average Bonchev–Trinajstić information content (AvgIpc) is 3.25. The van der Waals surface area contributed by atoms with Gasteiger partial charge in [0.2, 0.25) is 5.76 Å². The summed E-state index contributed by atoms with van der Waals surface area (Å²) in [7, 11) is 0. The third kappa shape index (κ3) is 2.55. The molecule has 2 aromatic carbocycles. The van der Waals surface area contributed by atoms with Gasteiger partial charge in [0.1, 0.15) is 0 Å². The summed E-state index contributed by atoms with van der Waals surface area (Å²) in [5, 5.41) is 15.7. The number of carbonyl (C=O) groups is 1. The highest BCUT2D eigenvalue weighted by Gasteiger charge is 2.14. The third-order valence-electron chi connectivity index (χ3n) is 3.31. The summed E-state index contributed by atoms with van der Waals surface area (Å²) in [6, 6.07) is 14.8. The van der Waals surface area contributed by atoms with Gasteiger partial charge in [-0.1, -0.05) is 40.6 Å². The fraction of sp³-hybridized carbons (Fsp3) is 0. The molecule has 4 rings (SSSR count). The van der Waals surface area contributed by atoms with Crippen molar-refractivity contribution in [2.24, 2.45) is 0 Å². The van der Waals surface area contributed by atoms with Crippen molar-refractivity contribution in [2.75, 3.05) is 5.32 Å². The SMILES string of the molecule is O=C(Nc1nnc(-c2ccno2)o1)c1ccc2ccccc2c1. The Morgan fingerprint density at radius 1 is 1.00 bits per heavy atom. The first kappa shape index (κ1) is 13.2. The van der Waals surface area contributed by atoms with Gasteiger partial charge >= 0.3 is 6.01 Å². The molecule has 0 radical (unpaired) electrons. The molecule has 7 heteroatoms. The van der Waals surface area contributed by atoms with E-state index in [0.29, 0.717) is 11.3 Å². The van der Waals surface area contributed by atoms with Crippen molar-refractivity contribution in [3.8, 4) is 11.7 Å². The second-order valence-corrected chi connectivity index (χ2v) is 4.81. The molecule has 0 aliphatic carbocycles. The zero-order chi connectivity index (χ0) is 15.6. The first-order chi connectivity index (χ1) is 11.3. The Labute approximate surface area is 129 Å². The highest BCUT2D eigenvalue weighted by atomic mass is 16.5. The molecule has 0 aliphatic heterocycles. The summed E-state index contributed by atoms with van der Waals surface area (Å²) >= 11 is 0. The van der Waals surface area contributed by atoms with Crippen LogP contribution in [0.2, 0.25) is 0 Å². The van der Waals surface area contributed by atoms with Crippen molar-refractivity contribution >= 4 is 22.7 Å². The van der Waals surface area contributed by atoms with Gasteiger partial charge in [0.05, 0.1) is 6.20 Å². The summed E-state index contributed by atoms with van der Waals surface area (Å²) in [5.41, 5.74) is 0.503. The predicted octanol–water partition coefficient (Wildman–Crippen LogP) is 3.13. The molecule has 0 atom stereocenters. The van der Waals surface area contributed by atoms with Gasteiger partial charge < -0.3 is 8.94 Å². The van der Waals surface area contributed by atoms with Crippen LogP contribution in [0.25, 0.3) is 22.4 Å². The lowest BCUT2D eigenvalue weighted by molar-refractivity contribution is 0.102. The Balaban J connectivity index is 1.57. The molecule has 0 saturated carbocycles. The number of anilines is 1. The molecular formula is C16H10N4O3. The number of rotatable bonds is 3. The van der Waals surface area contributed by atoms with Crippen LogP contribution in [0.15, 0.2) is 63.7 Å². The highest BCUT2D eigenvalue weighted by Crippen LogP contribution is 2.20. The van der Waals surface area contributed by atoms with E-state index in [0.717, 1.165) is 10.8 Å². The van der Waals surface area contributed by atoms with E-state index in [1.165, 1.54) is 6.20 Å². The molecule has 1 N–H and O–H groups in total. The number of nitrogens with zero attached hydrogens (tertiary/aromatic N) is 3. The summed E-state index contributed by atoms with van der Waals surface area (Å²) in [6.45, 7) is 0. The first-order valence-corrected chi connectivity index (χ1v) is 6.84. The minimum Gasteiger partial charge on any atom is -0.400 e. The van der Waals surface area contributed by atoms with Gasteiger partial charge in [0.25, 0.3) is 11.8 Å². The molecule has 23 heavy (non-hydrogen) atoms. The van der Waals surface area contributed by atoms with Gasteiger partial charge in [-0.3, -0.25) is 10.1 Å². The maximum Gasteiger partial charge on any atom is 0.322 e. The molecule has 0 saturated heterocycles. The number of nitrogens with one attached hydrogen (secondary N) is 1. The Morgan fingerprint density at radius 2 is 1.87 bits per heavy atom. The molecular weight excluding hydrogens is 296 g/mol. The lowest BCUT2D eigenvalue weighted by Crippen LogP contribution is -2.12. The lowest BCUT2D eigenvalue weighted by atomic mass is 10.1. The van der Waals surface area contributed by atoms with Crippen molar-refractivity contribution in [3.63, 3.8) is 0 Å². The average molecular weight is 306 g/mol. The van der Waals surface area contributed by atoms with Crippen LogP contribution in [-0.2, 0) is 0 Å². The van der Waals surface area contributed by atoms with Crippen LogP contribution in [0.1, 0.15) is 10.4 Å². The summed E-state index contributed by atoms with van der Waals surface area (Å²) in [6.07, 6.45) is 1.47. The number of hydrogen-bond donors (Lipinski definition) is 1. The van der Waals surface area contributed by atoms with Crippen LogP contribution in [0.5, 0.6) is 0 Å². The fourth-order valence-corrected chi connectivity index (χ4v) is 2.20. The topological polar surface area (TPSA) is 94.1 Å². The summed E-state index contributed by atoms with van der Waals surface area (Å²) in [5.74, 6) is 0.156. The third-order valence-corrected chi connectivity index (χ3v) is 3.31. The van der Waals surface area contributed by atoms with Crippen molar-refractivity contribution < 1.29 is 13.7 Å². The van der Waals surface area contributed by atoms with Crippen LogP contribution in [-0.4, -0.2) is 21.3 Å². The molecule has 0 spiro atoms. The Bertz CT molecular complexity index is 976. The van der Waals surface area contributed by atoms with Gasteiger partial charge in [-0.2, -0.15) is 0 Å². The molecule has 2 aromatic heterocycles. The Kier molecular flexibility index (Phi) is 3.09. The number of aromatic nitrogens is 3.